The Morgan fingerprint density at radius 3 is 2.35 bits per heavy atom. The molecule has 3 N–H and O–H groups in total. The quantitative estimate of drug-likeness (QED) is 0.554. The molecule has 3 aromatic rings. The van der Waals surface area contributed by atoms with Gasteiger partial charge in [-0.2, -0.15) is 0 Å². The summed E-state index contributed by atoms with van der Waals surface area (Å²) in [5.74, 6) is 0.202. The molecule has 0 aliphatic heterocycles. The summed E-state index contributed by atoms with van der Waals surface area (Å²) in [6.45, 7) is 1.99. The molecular weight excluding hydrogens is 284 g/mol. The number of benzene rings is 3. The van der Waals surface area contributed by atoms with E-state index in [9.17, 15) is 5.11 Å². The van der Waals surface area contributed by atoms with E-state index in [1.54, 1.807) is 6.07 Å². The minimum atomic E-state index is 0.202. The zero-order chi connectivity index (χ0) is 16.2. The van der Waals surface area contributed by atoms with Crippen LogP contribution in [0, 0.1) is 6.92 Å². The molecule has 0 aromatic heterocycles. The topological polar surface area (TPSA) is 58.6 Å². The Morgan fingerprint density at radius 1 is 0.913 bits per heavy atom. The number of para-hydroxylation sites is 2. The second-order valence-corrected chi connectivity index (χ2v) is 5.41. The van der Waals surface area contributed by atoms with Gasteiger partial charge in [-0.15, -0.1) is 0 Å². The van der Waals surface area contributed by atoms with Crippen LogP contribution in [0.25, 0.3) is 0 Å². The van der Waals surface area contributed by atoms with E-state index < -0.39 is 0 Å². The molecule has 0 saturated carbocycles. The van der Waals surface area contributed by atoms with Crippen molar-refractivity contribution in [2.24, 2.45) is 4.99 Å². The maximum Gasteiger partial charge on any atom is 0.125 e. The van der Waals surface area contributed by atoms with Crippen molar-refractivity contribution < 1.29 is 5.11 Å². The fourth-order valence-corrected chi connectivity index (χ4v) is 2.43. The van der Waals surface area contributed by atoms with Gasteiger partial charge in [0.2, 0.25) is 0 Å². The van der Waals surface area contributed by atoms with Crippen molar-refractivity contribution >= 4 is 17.1 Å². The Balaban J connectivity index is 2.23. The Labute approximate surface area is 135 Å². The molecule has 3 rings (SSSR count). The molecular formula is C20H18N2O. The van der Waals surface area contributed by atoms with Gasteiger partial charge < -0.3 is 10.8 Å². The first-order chi connectivity index (χ1) is 11.1. The van der Waals surface area contributed by atoms with Crippen LogP contribution in [-0.2, 0) is 0 Å². The molecule has 0 spiro atoms. The molecule has 23 heavy (non-hydrogen) atoms. The maximum absolute atomic E-state index is 10.3. The summed E-state index contributed by atoms with van der Waals surface area (Å²) in [6, 6.07) is 22.7. The number of phenols is 1. The van der Waals surface area contributed by atoms with Crippen LogP contribution < -0.4 is 5.73 Å². The first kappa shape index (κ1) is 14.9. The lowest BCUT2D eigenvalue weighted by atomic mass is 9.99. The van der Waals surface area contributed by atoms with E-state index in [2.05, 4.69) is 0 Å². The maximum atomic E-state index is 10.3. The lowest BCUT2D eigenvalue weighted by Gasteiger charge is -2.11. The average molecular weight is 302 g/mol. The fourth-order valence-electron chi connectivity index (χ4n) is 2.43. The second-order valence-electron chi connectivity index (χ2n) is 5.41. The van der Waals surface area contributed by atoms with E-state index in [0.29, 0.717) is 22.6 Å². The largest absolute Gasteiger partial charge is 0.507 e. The number of nitrogens with zero attached hydrogens (tertiary/aromatic N) is 1. The predicted octanol–water partition coefficient (Wildman–Crippen LogP) is 4.45. The normalized spacial score (nSPS) is 11.4. The summed E-state index contributed by atoms with van der Waals surface area (Å²) in [5.41, 5.74) is 10.7. The number of nitrogen functional groups attached to an aromatic ring is 1. The van der Waals surface area contributed by atoms with Crippen molar-refractivity contribution in [2.45, 2.75) is 6.92 Å². The van der Waals surface area contributed by atoms with Crippen LogP contribution in [0.3, 0.4) is 0 Å². The Hall–Kier alpha value is -3.07. The number of hydrogen-bond donors (Lipinski definition) is 2. The van der Waals surface area contributed by atoms with Crippen molar-refractivity contribution in [3.8, 4) is 5.75 Å². The third-order valence-corrected chi connectivity index (χ3v) is 3.62. The van der Waals surface area contributed by atoms with Gasteiger partial charge in [0.25, 0.3) is 0 Å². The van der Waals surface area contributed by atoms with E-state index in [4.69, 9.17) is 10.7 Å². The number of rotatable bonds is 3. The first-order valence-corrected chi connectivity index (χ1v) is 7.44. The highest BCUT2D eigenvalue weighted by molar-refractivity contribution is 6.15. The molecule has 0 aliphatic carbocycles. The van der Waals surface area contributed by atoms with Gasteiger partial charge in [-0.3, -0.25) is 0 Å². The number of hydrogen-bond acceptors (Lipinski definition) is 3. The van der Waals surface area contributed by atoms with Gasteiger partial charge in [-0.05, 0) is 31.2 Å². The molecule has 0 saturated heterocycles. The summed E-state index contributed by atoms with van der Waals surface area (Å²) in [5, 5.41) is 10.3. The van der Waals surface area contributed by atoms with Gasteiger partial charge in [0.15, 0.2) is 0 Å². The second kappa shape index (κ2) is 6.36. The van der Waals surface area contributed by atoms with Crippen LogP contribution in [0.15, 0.2) is 77.8 Å². The SMILES string of the molecule is Cc1ccc(O)c(C(=Nc2ccccc2N)c2ccccc2)c1. The van der Waals surface area contributed by atoms with Gasteiger partial charge >= 0.3 is 0 Å². The summed E-state index contributed by atoms with van der Waals surface area (Å²) < 4.78 is 0. The zero-order valence-electron chi connectivity index (χ0n) is 12.9. The van der Waals surface area contributed by atoms with Crippen molar-refractivity contribution in [2.75, 3.05) is 5.73 Å². The molecule has 0 amide bonds. The lowest BCUT2D eigenvalue weighted by molar-refractivity contribution is 0.474. The molecule has 0 radical (unpaired) electrons. The van der Waals surface area contributed by atoms with Gasteiger partial charge in [0.1, 0.15) is 5.75 Å². The number of nitrogens with two attached hydrogens (primary N) is 1. The number of aliphatic imine (C=N–C) groups is 1. The standard InChI is InChI=1S/C20H18N2O/c1-14-11-12-19(23)16(13-14)20(15-7-3-2-4-8-15)22-18-10-6-5-9-17(18)21/h2-13,23H,21H2,1H3. The molecule has 0 unspecified atom stereocenters. The van der Waals surface area contributed by atoms with Crippen molar-refractivity contribution in [1.82, 2.24) is 0 Å². The molecule has 3 heteroatoms. The van der Waals surface area contributed by atoms with Gasteiger partial charge in [-0.25, -0.2) is 4.99 Å². The van der Waals surface area contributed by atoms with E-state index in [1.807, 2.05) is 73.7 Å². The molecule has 0 bridgehead atoms. The number of aryl methyl sites for hydroxylation is 1. The number of aromatic hydroxyl groups is 1. The van der Waals surface area contributed by atoms with Crippen LogP contribution in [0.2, 0.25) is 0 Å². The predicted molar refractivity (Wildman–Crippen MR) is 95.4 cm³/mol. The molecule has 0 fully saturated rings. The van der Waals surface area contributed by atoms with Gasteiger partial charge in [0, 0.05) is 11.1 Å². The zero-order valence-corrected chi connectivity index (χ0v) is 12.9. The lowest BCUT2D eigenvalue weighted by Crippen LogP contribution is -2.04. The molecule has 0 aliphatic rings. The monoisotopic (exact) mass is 302 g/mol. The number of phenolic OH excluding ortho intramolecular Hbond substituents is 1. The first-order valence-electron chi connectivity index (χ1n) is 7.44. The molecule has 3 aromatic carbocycles. The van der Waals surface area contributed by atoms with Crippen molar-refractivity contribution in [3.05, 3.63) is 89.5 Å². The Bertz CT molecular complexity index is 855. The van der Waals surface area contributed by atoms with Gasteiger partial charge in [0.05, 0.1) is 17.1 Å². The van der Waals surface area contributed by atoms with E-state index in [0.717, 1.165) is 11.1 Å². The molecule has 3 nitrogen and oxygen atoms in total. The van der Waals surface area contributed by atoms with Crippen LogP contribution in [-0.4, -0.2) is 10.8 Å². The minimum Gasteiger partial charge on any atom is -0.507 e. The highest BCUT2D eigenvalue weighted by Gasteiger charge is 2.12. The van der Waals surface area contributed by atoms with Crippen LogP contribution in [0.4, 0.5) is 11.4 Å². The fraction of sp³-hybridized carbons (Fsp3) is 0.0500. The third kappa shape index (κ3) is 3.24. The minimum absolute atomic E-state index is 0.202. The summed E-state index contributed by atoms with van der Waals surface area (Å²) >= 11 is 0. The summed E-state index contributed by atoms with van der Waals surface area (Å²) in [7, 11) is 0. The Morgan fingerprint density at radius 2 is 1.61 bits per heavy atom. The van der Waals surface area contributed by atoms with Gasteiger partial charge in [-0.1, -0.05) is 54.1 Å². The highest BCUT2D eigenvalue weighted by Crippen LogP contribution is 2.27. The van der Waals surface area contributed by atoms with Crippen LogP contribution in [0.1, 0.15) is 16.7 Å². The van der Waals surface area contributed by atoms with Crippen molar-refractivity contribution in [1.29, 1.82) is 0 Å². The molecule has 114 valence electrons. The highest BCUT2D eigenvalue weighted by atomic mass is 16.3. The van der Waals surface area contributed by atoms with E-state index in [-0.39, 0.29) is 5.75 Å². The summed E-state index contributed by atoms with van der Waals surface area (Å²) in [4.78, 5) is 4.73. The molecule has 0 atom stereocenters. The number of anilines is 1. The average Bonchev–Trinajstić information content (AvgIpc) is 2.57. The summed E-state index contributed by atoms with van der Waals surface area (Å²) in [6.07, 6.45) is 0. The molecule has 0 heterocycles. The third-order valence-electron chi connectivity index (χ3n) is 3.62. The van der Waals surface area contributed by atoms with Crippen LogP contribution in [0.5, 0.6) is 5.75 Å². The van der Waals surface area contributed by atoms with E-state index in [1.165, 1.54) is 0 Å². The smallest absolute Gasteiger partial charge is 0.125 e. The van der Waals surface area contributed by atoms with Crippen LogP contribution >= 0.6 is 0 Å². The van der Waals surface area contributed by atoms with E-state index >= 15 is 0 Å². The van der Waals surface area contributed by atoms with Crippen molar-refractivity contribution in [3.63, 3.8) is 0 Å². The Kier molecular flexibility index (Phi) is 4.11.